The van der Waals surface area contributed by atoms with Gasteiger partial charge in [0.1, 0.15) is 17.7 Å². The lowest BCUT2D eigenvalue weighted by Gasteiger charge is -2.51. The molecule has 0 spiro atoms. The zero-order valence-electron chi connectivity index (χ0n) is 16.1. The third-order valence-corrected chi connectivity index (χ3v) is 7.12. The Kier molecular flexibility index (Phi) is 4.55. The Balaban J connectivity index is 1.62. The number of hydrogen-bond acceptors (Lipinski definition) is 6. The van der Waals surface area contributed by atoms with Gasteiger partial charge in [-0.2, -0.15) is 0 Å². The Morgan fingerprint density at radius 2 is 1.87 bits per heavy atom. The van der Waals surface area contributed by atoms with Gasteiger partial charge in [-0.15, -0.1) is 0 Å². The van der Waals surface area contributed by atoms with Crippen molar-refractivity contribution in [3.8, 4) is 0 Å². The SMILES string of the molecule is O=CC(=O)C1c2c(c(F)cc(F)c2C2C3CNCC2C3)CN1C1CCC(=O)NC1=O. The normalized spacial score (nSPS) is 32.9. The van der Waals surface area contributed by atoms with Gasteiger partial charge in [-0.1, -0.05) is 0 Å². The Labute approximate surface area is 171 Å². The van der Waals surface area contributed by atoms with Gasteiger partial charge in [0.25, 0.3) is 0 Å². The number of piperidine rings is 3. The Bertz CT molecular complexity index is 967. The van der Waals surface area contributed by atoms with E-state index in [0.717, 1.165) is 25.6 Å². The number of halogens is 2. The standard InChI is InChI=1S/C21H21F2N3O4/c22-12-4-13(23)19(17-9-3-10(17)6-24-5-9)18-11(12)7-26(20(18)15(28)8-27)14-1-2-16(29)25-21(14)30/h4,8-10,14,17,20,24H,1-3,5-7H2,(H,25,29,30). The van der Waals surface area contributed by atoms with Gasteiger partial charge in [0, 0.05) is 24.6 Å². The molecule has 0 radical (unpaired) electrons. The molecule has 1 saturated carbocycles. The van der Waals surface area contributed by atoms with Crippen LogP contribution in [0.1, 0.15) is 47.9 Å². The van der Waals surface area contributed by atoms with Crippen LogP contribution in [0.25, 0.3) is 0 Å². The molecule has 0 aromatic heterocycles. The lowest BCUT2D eigenvalue weighted by Crippen LogP contribution is -2.53. The smallest absolute Gasteiger partial charge is 0.243 e. The molecular formula is C21H21F2N3O4. The summed E-state index contributed by atoms with van der Waals surface area (Å²) in [6.07, 6.45) is 1.31. The maximum atomic E-state index is 15.1. The number of fused-ring (bicyclic) bond motifs is 3. The van der Waals surface area contributed by atoms with Crippen LogP contribution in [0.3, 0.4) is 0 Å². The highest BCUT2D eigenvalue weighted by atomic mass is 19.1. The number of aldehydes is 1. The van der Waals surface area contributed by atoms with Gasteiger partial charge in [0.2, 0.25) is 17.6 Å². The molecule has 1 aromatic rings. The van der Waals surface area contributed by atoms with E-state index in [4.69, 9.17) is 0 Å². The van der Waals surface area contributed by atoms with E-state index in [1.165, 1.54) is 4.90 Å². The van der Waals surface area contributed by atoms with E-state index in [1.807, 2.05) is 0 Å². The van der Waals surface area contributed by atoms with Gasteiger partial charge in [-0.25, -0.2) is 8.78 Å². The fourth-order valence-electron chi connectivity index (χ4n) is 5.82. The fraction of sp³-hybridized carbons (Fsp3) is 0.524. The van der Waals surface area contributed by atoms with E-state index < -0.39 is 41.3 Å². The van der Waals surface area contributed by atoms with Gasteiger partial charge >= 0.3 is 0 Å². The van der Waals surface area contributed by atoms with Crippen molar-refractivity contribution in [3.63, 3.8) is 0 Å². The maximum Gasteiger partial charge on any atom is 0.243 e. The highest BCUT2D eigenvalue weighted by Crippen LogP contribution is 2.54. The number of ketones is 1. The Hall–Kier alpha value is -2.52. The van der Waals surface area contributed by atoms with Crippen molar-refractivity contribution in [1.82, 2.24) is 15.5 Å². The summed E-state index contributed by atoms with van der Waals surface area (Å²) >= 11 is 0. The predicted molar refractivity (Wildman–Crippen MR) is 99.1 cm³/mol. The number of Topliss-reactive ketones (excluding diaryl/α,β-unsaturated/α-hetero) is 1. The molecule has 4 aliphatic rings. The molecule has 9 heteroatoms. The molecule has 2 amide bonds. The average Bonchev–Trinajstić information content (AvgIpc) is 3.11. The Morgan fingerprint density at radius 1 is 1.13 bits per heavy atom. The van der Waals surface area contributed by atoms with E-state index in [2.05, 4.69) is 10.6 Å². The number of carbonyl (C=O) groups excluding carboxylic acids is 4. The number of nitrogens with one attached hydrogen (secondary N) is 2. The minimum absolute atomic E-state index is 0.0768. The van der Waals surface area contributed by atoms with Crippen molar-refractivity contribution in [2.75, 3.05) is 13.1 Å². The van der Waals surface area contributed by atoms with Gasteiger partial charge in [0.15, 0.2) is 6.29 Å². The Morgan fingerprint density at radius 3 is 2.50 bits per heavy atom. The lowest BCUT2D eigenvalue weighted by atomic mass is 9.58. The molecule has 5 rings (SSSR count). The summed E-state index contributed by atoms with van der Waals surface area (Å²) < 4.78 is 29.9. The van der Waals surface area contributed by atoms with Crippen LogP contribution in [0.2, 0.25) is 0 Å². The molecule has 3 heterocycles. The molecule has 30 heavy (non-hydrogen) atoms. The minimum atomic E-state index is -1.23. The van der Waals surface area contributed by atoms with Gasteiger partial charge in [0.05, 0.1) is 6.04 Å². The van der Waals surface area contributed by atoms with Crippen LogP contribution in [-0.4, -0.2) is 47.9 Å². The molecule has 3 aliphatic heterocycles. The highest BCUT2D eigenvalue weighted by Gasteiger charge is 2.51. The maximum absolute atomic E-state index is 15.1. The molecule has 3 fully saturated rings. The van der Waals surface area contributed by atoms with Crippen molar-refractivity contribution in [3.05, 3.63) is 34.4 Å². The zero-order valence-corrected chi connectivity index (χ0v) is 16.1. The predicted octanol–water partition coefficient (Wildman–Crippen LogP) is 0.718. The second-order valence-electron chi connectivity index (χ2n) is 8.65. The minimum Gasteiger partial charge on any atom is -0.316 e. The van der Waals surface area contributed by atoms with Crippen LogP contribution < -0.4 is 10.6 Å². The topological polar surface area (TPSA) is 95.6 Å². The summed E-state index contributed by atoms with van der Waals surface area (Å²) in [6.45, 7) is 1.34. The first-order valence-electron chi connectivity index (χ1n) is 10.2. The van der Waals surface area contributed by atoms with E-state index in [-0.39, 0.29) is 54.6 Å². The van der Waals surface area contributed by atoms with Crippen molar-refractivity contribution in [1.29, 1.82) is 0 Å². The molecule has 4 atom stereocenters. The van der Waals surface area contributed by atoms with Gasteiger partial charge < -0.3 is 5.32 Å². The van der Waals surface area contributed by atoms with Crippen molar-refractivity contribution in [2.45, 2.75) is 43.8 Å². The summed E-state index contributed by atoms with van der Waals surface area (Å²) in [4.78, 5) is 49.6. The average molecular weight is 417 g/mol. The van der Waals surface area contributed by atoms with E-state index in [1.54, 1.807) is 0 Å². The van der Waals surface area contributed by atoms with Crippen LogP contribution >= 0.6 is 0 Å². The largest absolute Gasteiger partial charge is 0.316 e. The summed E-state index contributed by atoms with van der Waals surface area (Å²) in [7, 11) is 0. The van der Waals surface area contributed by atoms with Crippen LogP contribution in [0.4, 0.5) is 8.78 Å². The first-order chi connectivity index (χ1) is 14.4. The molecule has 158 valence electrons. The summed E-state index contributed by atoms with van der Waals surface area (Å²) in [5, 5.41) is 5.52. The quantitative estimate of drug-likeness (QED) is 0.426. The summed E-state index contributed by atoms with van der Waals surface area (Å²) in [5.41, 5.74) is 0.675. The first-order valence-corrected chi connectivity index (χ1v) is 10.2. The van der Waals surface area contributed by atoms with Crippen LogP contribution in [0, 0.1) is 23.5 Å². The molecule has 1 aromatic carbocycles. The van der Waals surface area contributed by atoms with Crippen molar-refractivity contribution >= 4 is 23.9 Å². The second kappa shape index (κ2) is 7.02. The van der Waals surface area contributed by atoms with Crippen molar-refractivity contribution in [2.24, 2.45) is 11.8 Å². The molecule has 2 saturated heterocycles. The second-order valence-corrected chi connectivity index (χ2v) is 8.65. The number of benzene rings is 1. The van der Waals surface area contributed by atoms with Crippen LogP contribution in [0.15, 0.2) is 6.07 Å². The summed E-state index contributed by atoms with van der Waals surface area (Å²) in [6, 6.07) is -1.25. The van der Waals surface area contributed by atoms with Crippen molar-refractivity contribution < 1.29 is 28.0 Å². The number of imide groups is 1. The molecule has 1 aliphatic carbocycles. The number of hydrogen-bond donors (Lipinski definition) is 2. The molecule has 4 unspecified atom stereocenters. The molecular weight excluding hydrogens is 396 g/mol. The molecule has 7 nitrogen and oxygen atoms in total. The van der Waals surface area contributed by atoms with Gasteiger partial charge in [-0.05, 0) is 54.8 Å². The third kappa shape index (κ3) is 2.75. The third-order valence-electron chi connectivity index (χ3n) is 7.12. The first kappa shape index (κ1) is 19.4. The number of rotatable bonds is 4. The zero-order chi connectivity index (χ0) is 21.2. The highest BCUT2D eigenvalue weighted by molar-refractivity contribution is 6.27. The van der Waals surface area contributed by atoms with E-state index >= 15 is 4.39 Å². The number of amides is 2. The number of carbonyl (C=O) groups is 4. The molecule has 2 bridgehead atoms. The van der Waals surface area contributed by atoms with E-state index in [0.29, 0.717) is 5.56 Å². The number of nitrogens with zero attached hydrogens (tertiary/aromatic N) is 1. The van der Waals surface area contributed by atoms with Crippen LogP contribution in [-0.2, 0) is 25.7 Å². The summed E-state index contributed by atoms with van der Waals surface area (Å²) in [5.74, 6) is -3.12. The molecule has 2 N–H and O–H groups in total. The monoisotopic (exact) mass is 417 g/mol. The van der Waals surface area contributed by atoms with Crippen LogP contribution in [0.5, 0.6) is 0 Å². The lowest BCUT2D eigenvalue weighted by molar-refractivity contribution is -0.141. The fourth-order valence-corrected chi connectivity index (χ4v) is 5.82. The van der Waals surface area contributed by atoms with E-state index in [9.17, 15) is 23.6 Å². The van der Waals surface area contributed by atoms with Gasteiger partial charge in [-0.3, -0.25) is 29.4 Å².